The second-order valence-corrected chi connectivity index (χ2v) is 8.72. The molecule has 9 nitrogen and oxygen atoms in total. The predicted octanol–water partition coefficient (Wildman–Crippen LogP) is 0.602. The lowest BCUT2D eigenvalue weighted by Crippen LogP contribution is -2.38. The van der Waals surface area contributed by atoms with Gasteiger partial charge in [0.15, 0.2) is 0 Å². The Kier molecular flexibility index (Phi) is 7.03. The van der Waals surface area contributed by atoms with Crippen LogP contribution in [0.3, 0.4) is 0 Å². The molecule has 25 heavy (non-hydrogen) atoms. The Balaban J connectivity index is 1.99. The summed E-state index contributed by atoms with van der Waals surface area (Å²) in [5, 5.41) is 19.4. The first-order valence-corrected chi connectivity index (χ1v) is 9.91. The molecule has 0 aromatic heterocycles. The summed E-state index contributed by atoms with van der Waals surface area (Å²) in [6.45, 7) is 7.35. The van der Waals surface area contributed by atoms with E-state index in [1.54, 1.807) is 6.92 Å². The van der Waals surface area contributed by atoms with Crippen LogP contribution in [-0.4, -0.2) is 77.2 Å². The molecule has 0 aromatic carbocycles. The summed E-state index contributed by atoms with van der Waals surface area (Å²) in [6, 6.07) is 0. The normalized spacial score (nSPS) is 38.8. The highest BCUT2D eigenvalue weighted by Gasteiger charge is 2.47. The zero-order valence-corrected chi connectivity index (χ0v) is 15.9. The molecule has 2 aliphatic rings. The maximum Gasteiger partial charge on any atom is 0.473 e. The van der Waals surface area contributed by atoms with Gasteiger partial charge in [0.2, 0.25) is 0 Å². The molecule has 2 rings (SSSR count). The van der Waals surface area contributed by atoms with E-state index in [0.29, 0.717) is 13.0 Å². The average Bonchev–Trinajstić information content (AvgIpc) is 3.03. The van der Waals surface area contributed by atoms with Crippen LogP contribution in [0.4, 0.5) is 0 Å². The summed E-state index contributed by atoms with van der Waals surface area (Å²) in [6.07, 6.45) is -4.49. The van der Waals surface area contributed by atoms with Gasteiger partial charge < -0.3 is 29.3 Å². The fourth-order valence-corrected chi connectivity index (χ4v) is 3.99. The topological polar surface area (TPSA) is 124 Å². The number of aliphatic hydroxyl groups excluding tert-OH is 2. The first kappa shape index (κ1) is 21.2. The van der Waals surface area contributed by atoms with E-state index in [2.05, 4.69) is 0 Å². The summed E-state index contributed by atoms with van der Waals surface area (Å²) in [7, 11) is -4.49. The third kappa shape index (κ3) is 5.95. The zero-order chi connectivity index (χ0) is 18.8. The average molecular weight is 384 g/mol. The SMILES string of the molecule is C[C@@H]1O[C@H](COC(C)(C)C)C(OP(=O)(O)O[C@@H]2CCO[C@@H]2CO)[C@@H]1O. The Labute approximate surface area is 147 Å². The minimum Gasteiger partial charge on any atom is -0.394 e. The standard InChI is InChI=1S/C15H29O9P/c1-9-13(17)14(12(22-9)8-21-15(2,3)4)24-25(18,19)23-10-5-6-20-11(10)7-16/h9-14,16-17H,5-8H2,1-4H3,(H,18,19)/t9-,10+,11+,12+,13+,14?/m0/s1. The maximum absolute atomic E-state index is 12.4. The van der Waals surface area contributed by atoms with Crippen molar-refractivity contribution in [1.29, 1.82) is 0 Å². The number of ether oxygens (including phenoxy) is 3. The van der Waals surface area contributed by atoms with Gasteiger partial charge in [0.1, 0.15) is 30.5 Å². The second-order valence-electron chi connectivity index (χ2n) is 7.36. The van der Waals surface area contributed by atoms with E-state index in [0.717, 1.165) is 0 Å². The van der Waals surface area contributed by atoms with Crippen molar-refractivity contribution < 1.29 is 42.9 Å². The van der Waals surface area contributed by atoms with Gasteiger partial charge >= 0.3 is 7.82 Å². The lowest BCUT2D eigenvalue weighted by atomic mass is 10.1. The van der Waals surface area contributed by atoms with Gasteiger partial charge in [-0.15, -0.1) is 0 Å². The number of hydrogen-bond donors (Lipinski definition) is 3. The molecule has 0 radical (unpaired) electrons. The largest absolute Gasteiger partial charge is 0.473 e. The minimum atomic E-state index is -4.49. The molecule has 10 heteroatoms. The molecular formula is C15H29O9P. The fraction of sp³-hybridized carbons (Fsp3) is 1.00. The molecule has 0 amide bonds. The third-order valence-electron chi connectivity index (χ3n) is 4.11. The van der Waals surface area contributed by atoms with E-state index >= 15 is 0 Å². The van der Waals surface area contributed by atoms with E-state index in [1.807, 2.05) is 20.8 Å². The smallest absolute Gasteiger partial charge is 0.394 e. The summed E-state index contributed by atoms with van der Waals surface area (Å²) < 4.78 is 39.1. The Morgan fingerprint density at radius 1 is 1.24 bits per heavy atom. The number of rotatable bonds is 7. The highest BCUT2D eigenvalue weighted by molar-refractivity contribution is 7.47. The maximum atomic E-state index is 12.4. The molecule has 2 unspecified atom stereocenters. The van der Waals surface area contributed by atoms with Gasteiger partial charge in [-0.3, -0.25) is 9.05 Å². The zero-order valence-electron chi connectivity index (χ0n) is 15.0. The summed E-state index contributed by atoms with van der Waals surface area (Å²) >= 11 is 0. The molecular weight excluding hydrogens is 355 g/mol. The van der Waals surface area contributed by atoms with Crippen molar-refractivity contribution >= 4 is 7.82 Å². The number of phosphoric acid groups is 1. The van der Waals surface area contributed by atoms with E-state index in [9.17, 15) is 19.7 Å². The van der Waals surface area contributed by atoms with Crippen molar-refractivity contribution in [2.24, 2.45) is 0 Å². The van der Waals surface area contributed by atoms with Crippen molar-refractivity contribution in [2.45, 2.75) is 76.3 Å². The van der Waals surface area contributed by atoms with Gasteiger partial charge in [0.05, 0.1) is 24.9 Å². The molecule has 2 saturated heterocycles. The first-order chi connectivity index (χ1) is 11.5. The minimum absolute atomic E-state index is 0.0986. The van der Waals surface area contributed by atoms with Crippen molar-refractivity contribution in [2.75, 3.05) is 19.8 Å². The lowest BCUT2D eigenvalue weighted by Gasteiger charge is -2.27. The van der Waals surface area contributed by atoms with Crippen molar-refractivity contribution in [1.82, 2.24) is 0 Å². The number of hydrogen-bond acceptors (Lipinski definition) is 8. The highest BCUT2D eigenvalue weighted by Crippen LogP contribution is 2.50. The van der Waals surface area contributed by atoms with Crippen LogP contribution in [0.25, 0.3) is 0 Å². The Morgan fingerprint density at radius 2 is 1.92 bits per heavy atom. The molecule has 2 heterocycles. The monoisotopic (exact) mass is 384 g/mol. The van der Waals surface area contributed by atoms with Crippen LogP contribution >= 0.6 is 7.82 Å². The van der Waals surface area contributed by atoms with Gasteiger partial charge in [-0.1, -0.05) is 0 Å². The van der Waals surface area contributed by atoms with Crippen LogP contribution in [0.2, 0.25) is 0 Å². The lowest BCUT2D eigenvalue weighted by molar-refractivity contribution is -0.0876. The van der Waals surface area contributed by atoms with Crippen molar-refractivity contribution in [3.63, 3.8) is 0 Å². The number of phosphoric ester groups is 1. The van der Waals surface area contributed by atoms with Gasteiger partial charge in [0.25, 0.3) is 0 Å². The molecule has 0 spiro atoms. The van der Waals surface area contributed by atoms with Crippen molar-refractivity contribution in [3.05, 3.63) is 0 Å². The molecule has 2 fully saturated rings. The van der Waals surface area contributed by atoms with Crippen LogP contribution in [0.1, 0.15) is 34.1 Å². The van der Waals surface area contributed by atoms with Gasteiger partial charge in [-0.05, 0) is 27.7 Å². The van der Waals surface area contributed by atoms with E-state index in [1.165, 1.54) is 0 Å². The van der Waals surface area contributed by atoms with Gasteiger partial charge in [-0.2, -0.15) is 0 Å². The van der Waals surface area contributed by atoms with Crippen LogP contribution in [0.15, 0.2) is 0 Å². The Morgan fingerprint density at radius 3 is 2.52 bits per heavy atom. The van der Waals surface area contributed by atoms with E-state index < -0.39 is 50.0 Å². The molecule has 0 aliphatic carbocycles. The summed E-state index contributed by atoms with van der Waals surface area (Å²) in [5.41, 5.74) is -0.431. The van der Waals surface area contributed by atoms with Gasteiger partial charge in [0, 0.05) is 13.0 Å². The molecule has 3 N–H and O–H groups in total. The molecule has 0 bridgehead atoms. The summed E-state index contributed by atoms with van der Waals surface area (Å²) in [5.74, 6) is 0. The molecule has 7 atom stereocenters. The molecule has 2 aliphatic heterocycles. The second kappa shape index (κ2) is 8.29. The van der Waals surface area contributed by atoms with Gasteiger partial charge in [-0.25, -0.2) is 4.57 Å². The van der Waals surface area contributed by atoms with Crippen LogP contribution in [-0.2, 0) is 27.8 Å². The first-order valence-electron chi connectivity index (χ1n) is 8.42. The Hall–Kier alpha value is -0.0900. The fourth-order valence-electron chi connectivity index (χ4n) is 2.79. The summed E-state index contributed by atoms with van der Waals surface area (Å²) in [4.78, 5) is 10.1. The van der Waals surface area contributed by atoms with E-state index in [4.69, 9.17) is 23.3 Å². The van der Waals surface area contributed by atoms with E-state index in [-0.39, 0.29) is 13.2 Å². The molecule has 0 saturated carbocycles. The van der Waals surface area contributed by atoms with Crippen LogP contribution < -0.4 is 0 Å². The van der Waals surface area contributed by atoms with Crippen LogP contribution in [0, 0.1) is 0 Å². The van der Waals surface area contributed by atoms with Crippen molar-refractivity contribution in [3.8, 4) is 0 Å². The highest BCUT2D eigenvalue weighted by atomic mass is 31.2. The quantitative estimate of drug-likeness (QED) is 0.541. The predicted molar refractivity (Wildman–Crippen MR) is 87.1 cm³/mol. The Bertz CT molecular complexity index is 480. The van der Waals surface area contributed by atoms with Crippen LogP contribution in [0.5, 0.6) is 0 Å². The molecule has 0 aromatic rings. The number of aliphatic hydroxyl groups is 2. The molecule has 148 valence electrons. The third-order valence-corrected chi connectivity index (χ3v) is 5.15.